The predicted octanol–water partition coefficient (Wildman–Crippen LogP) is 3.42. The molecule has 1 aromatic carbocycles. The zero-order valence-corrected chi connectivity index (χ0v) is 15.9. The molecule has 138 valence electrons. The van der Waals surface area contributed by atoms with Crippen LogP contribution < -0.4 is 5.32 Å². The molecule has 2 saturated heterocycles. The predicted molar refractivity (Wildman–Crippen MR) is 102 cm³/mol. The summed E-state index contributed by atoms with van der Waals surface area (Å²) in [5.74, 6) is 0.723. The van der Waals surface area contributed by atoms with Crippen molar-refractivity contribution >= 4 is 17.4 Å². The molecule has 0 saturated carbocycles. The number of ether oxygens (including phenoxy) is 1. The molecule has 2 amide bonds. The van der Waals surface area contributed by atoms with Gasteiger partial charge in [-0.3, -0.25) is 0 Å². The quantitative estimate of drug-likeness (QED) is 0.896. The monoisotopic (exact) mass is 371 g/mol. The van der Waals surface area contributed by atoms with Crippen LogP contribution in [0.1, 0.15) is 35.5 Å². The number of rotatable bonds is 4. The van der Waals surface area contributed by atoms with E-state index in [0.29, 0.717) is 18.4 Å². The van der Waals surface area contributed by atoms with Gasteiger partial charge in [-0.25, -0.2) is 9.78 Å². The summed E-state index contributed by atoms with van der Waals surface area (Å²) >= 11 is 1.66. The summed E-state index contributed by atoms with van der Waals surface area (Å²) in [5, 5.41) is 6.22. The number of nitrogens with one attached hydrogen (secondary N) is 1. The van der Waals surface area contributed by atoms with Gasteiger partial charge in [-0.1, -0.05) is 37.3 Å². The molecular weight excluding hydrogens is 346 g/mol. The number of thiazole rings is 1. The van der Waals surface area contributed by atoms with Crippen LogP contribution in [-0.4, -0.2) is 41.7 Å². The highest BCUT2D eigenvalue weighted by Gasteiger charge is 2.45. The zero-order valence-electron chi connectivity index (χ0n) is 15.1. The van der Waals surface area contributed by atoms with Crippen LogP contribution in [0, 0.1) is 5.92 Å². The van der Waals surface area contributed by atoms with Crippen LogP contribution >= 0.6 is 11.3 Å². The molecule has 0 aliphatic carbocycles. The molecule has 1 aromatic heterocycles. The third-order valence-corrected chi connectivity index (χ3v) is 6.53. The van der Waals surface area contributed by atoms with Gasteiger partial charge in [0.2, 0.25) is 0 Å². The minimum Gasteiger partial charge on any atom is -0.381 e. The maximum atomic E-state index is 12.9. The van der Waals surface area contributed by atoms with Gasteiger partial charge in [0.25, 0.3) is 0 Å². The fourth-order valence-corrected chi connectivity index (χ4v) is 4.89. The number of benzene rings is 1. The number of nitrogens with zero attached hydrogens (tertiary/aromatic N) is 2. The number of likely N-dealkylation sites (tertiary alicyclic amines) is 1. The van der Waals surface area contributed by atoms with E-state index in [0.717, 1.165) is 43.3 Å². The third-order valence-electron chi connectivity index (χ3n) is 5.48. The van der Waals surface area contributed by atoms with Gasteiger partial charge in [0.15, 0.2) is 0 Å². The van der Waals surface area contributed by atoms with Gasteiger partial charge in [0.05, 0.1) is 23.9 Å². The molecule has 3 atom stereocenters. The van der Waals surface area contributed by atoms with E-state index in [1.807, 2.05) is 16.3 Å². The number of hydrogen-bond acceptors (Lipinski definition) is 4. The van der Waals surface area contributed by atoms with Gasteiger partial charge in [-0.2, -0.15) is 0 Å². The topological polar surface area (TPSA) is 54.5 Å². The molecule has 2 aliphatic heterocycles. The second-order valence-corrected chi connectivity index (χ2v) is 7.95. The summed E-state index contributed by atoms with van der Waals surface area (Å²) in [6, 6.07) is 10.8. The molecule has 3 heterocycles. The molecule has 0 radical (unpaired) electrons. The first kappa shape index (κ1) is 17.5. The number of aromatic nitrogens is 1. The summed E-state index contributed by atoms with van der Waals surface area (Å²) < 4.78 is 5.74. The van der Waals surface area contributed by atoms with Crippen molar-refractivity contribution in [2.45, 2.75) is 38.3 Å². The van der Waals surface area contributed by atoms with Crippen molar-refractivity contribution < 1.29 is 9.53 Å². The average molecular weight is 372 g/mol. The number of urea groups is 1. The molecule has 2 aliphatic rings. The summed E-state index contributed by atoms with van der Waals surface area (Å²) in [5.41, 5.74) is 2.25. The molecule has 0 bridgehead atoms. The second kappa shape index (κ2) is 7.76. The van der Waals surface area contributed by atoms with Gasteiger partial charge in [-0.05, 0) is 18.4 Å². The molecule has 2 fully saturated rings. The summed E-state index contributed by atoms with van der Waals surface area (Å²) in [6.45, 7) is 4.82. The Morgan fingerprint density at radius 1 is 1.38 bits per heavy atom. The lowest BCUT2D eigenvalue weighted by Crippen LogP contribution is -2.46. The van der Waals surface area contributed by atoms with E-state index in [1.165, 1.54) is 5.56 Å². The maximum absolute atomic E-state index is 12.9. The van der Waals surface area contributed by atoms with Crippen molar-refractivity contribution in [2.24, 2.45) is 5.92 Å². The van der Waals surface area contributed by atoms with Crippen LogP contribution in [0.4, 0.5) is 4.79 Å². The number of hydrogen-bond donors (Lipinski definition) is 1. The molecule has 3 unspecified atom stereocenters. The van der Waals surface area contributed by atoms with Crippen molar-refractivity contribution in [3.8, 4) is 0 Å². The lowest BCUT2D eigenvalue weighted by atomic mass is 9.84. The zero-order chi connectivity index (χ0) is 17.9. The van der Waals surface area contributed by atoms with Crippen LogP contribution in [0.15, 0.2) is 35.7 Å². The molecular formula is C20H25N3O2S. The molecule has 2 aromatic rings. The Labute approximate surface area is 158 Å². The van der Waals surface area contributed by atoms with Crippen LogP contribution in [0.25, 0.3) is 0 Å². The highest BCUT2D eigenvalue weighted by molar-refractivity contribution is 7.09. The van der Waals surface area contributed by atoms with Crippen LogP contribution in [-0.2, 0) is 17.7 Å². The van der Waals surface area contributed by atoms with Crippen molar-refractivity contribution in [1.82, 2.24) is 15.2 Å². The largest absolute Gasteiger partial charge is 0.381 e. The number of fused-ring (bicyclic) bond motifs is 1. The summed E-state index contributed by atoms with van der Waals surface area (Å²) in [6.07, 6.45) is 1.85. The Morgan fingerprint density at radius 3 is 3.00 bits per heavy atom. The van der Waals surface area contributed by atoms with Crippen LogP contribution in [0.3, 0.4) is 0 Å². The second-order valence-electron chi connectivity index (χ2n) is 7.01. The van der Waals surface area contributed by atoms with Gasteiger partial charge in [0, 0.05) is 36.4 Å². The minimum atomic E-state index is 0.0198. The van der Waals surface area contributed by atoms with Gasteiger partial charge in [-0.15, -0.1) is 11.3 Å². The SMILES string of the molecule is CCc1nc(CNC(=O)N2CC(c3ccccc3)C3COCCC32)cs1. The number of amides is 2. The number of carbonyl (C=O) groups is 1. The van der Waals surface area contributed by atoms with E-state index in [9.17, 15) is 4.79 Å². The van der Waals surface area contributed by atoms with Crippen molar-refractivity contribution in [1.29, 1.82) is 0 Å². The third kappa shape index (κ3) is 3.48. The molecule has 6 heteroatoms. The standard InChI is InChI=1S/C20H25N3O2S/c1-2-19-22-15(13-26-19)10-21-20(24)23-11-16(14-6-4-3-5-7-14)17-12-25-9-8-18(17)23/h3-7,13,16-18H,2,8-12H2,1H3,(H,21,24). The fraction of sp³-hybridized carbons (Fsp3) is 0.500. The first-order chi connectivity index (χ1) is 12.8. The Balaban J connectivity index is 1.45. The first-order valence-electron chi connectivity index (χ1n) is 9.36. The van der Waals surface area contributed by atoms with E-state index in [4.69, 9.17) is 4.74 Å². The number of aryl methyl sites for hydroxylation is 1. The normalized spacial score (nSPS) is 25.1. The molecule has 26 heavy (non-hydrogen) atoms. The van der Waals surface area contributed by atoms with E-state index < -0.39 is 0 Å². The molecule has 0 spiro atoms. The lowest BCUT2D eigenvalue weighted by molar-refractivity contribution is 0.0261. The minimum absolute atomic E-state index is 0.0198. The van der Waals surface area contributed by atoms with Gasteiger partial charge >= 0.3 is 6.03 Å². The first-order valence-corrected chi connectivity index (χ1v) is 10.2. The Kier molecular flexibility index (Phi) is 5.22. The van der Waals surface area contributed by atoms with Gasteiger partial charge < -0.3 is 15.0 Å². The highest BCUT2D eigenvalue weighted by atomic mass is 32.1. The average Bonchev–Trinajstić information content (AvgIpc) is 3.31. The maximum Gasteiger partial charge on any atom is 0.318 e. The van der Waals surface area contributed by atoms with Crippen LogP contribution in [0.2, 0.25) is 0 Å². The van der Waals surface area contributed by atoms with E-state index in [1.54, 1.807) is 11.3 Å². The summed E-state index contributed by atoms with van der Waals surface area (Å²) in [4.78, 5) is 19.4. The Bertz CT molecular complexity index is 749. The Morgan fingerprint density at radius 2 is 2.23 bits per heavy atom. The molecule has 4 rings (SSSR count). The van der Waals surface area contributed by atoms with Crippen molar-refractivity contribution in [2.75, 3.05) is 19.8 Å². The smallest absolute Gasteiger partial charge is 0.318 e. The van der Waals surface area contributed by atoms with Crippen LogP contribution in [0.5, 0.6) is 0 Å². The molecule has 5 nitrogen and oxygen atoms in total. The number of carbonyl (C=O) groups excluding carboxylic acids is 1. The Hall–Kier alpha value is -1.92. The van der Waals surface area contributed by atoms with Crippen molar-refractivity contribution in [3.05, 3.63) is 52.0 Å². The van der Waals surface area contributed by atoms with E-state index >= 15 is 0 Å². The molecule has 1 N–H and O–H groups in total. The highest BCUT2D eigenvalue weighted by Crippen LogP contribution is 2.40. The van der Waals surface area contributed by atoms with E-state index in [2.05, 4.69) is 41.5 Å². The summed E-state index contributed by atoms with van der Waals surface area (Å²) in [7, 11) is 0. The van der Waals surface area contributed by atoms with E-state index in [-0.39, 0.29) is 12.1 Å². The fourth-order valence-electron chi connectivity index (χ4n) is 4.15. The van der Waals surface area contributed by atoms with Gasteiger partial charge in [0.1, 0.15) is 0 Å². The van der Waals surface area contributed by atoms with Crippen molar-refractivity contribution in [3.63, 3.8) is 0 Å². The lowest BCUT2D eigenvalue weighted by Gasteiger charge is -2.32.